The van der Waals surface area contributed by atoms with Gasteiger partial charge in [-0.3, -0.25) is 0 Å². The van der Waals surface area contributed by atoms with Crippen LogP contribution in [0.5, 0.6) is 11.5 Å². The van der Waals surface area contributed by atoms with E-state index >= 15 is 0 Å². The van der Waals surface area contributed by atoms with Gasteiger partial charge in [-0.1, -0.05) is 18.9 Å². The van der Waals surface area contributed by atoms with Crippen LogP contribution in [0.3, 0.4) is 0 Å². The van der Waals surface area contributed by atoms with Crippen molar-refractivity contribution >= 4 is 11.5 Å². The lowest BCUT2D eigenvalue weighted by atomic mass is 9.89. The van der Waals surface area contributed by atoms with Crippen LogP contribution in [-0.4, -0.2) is 53.2 Å². The van der Waals surface area contributed by atoms with E-state index in [9.17, 15) is 0 Å². The lowest BCUT2D eigenvalue weighted by molar-refractivity contribution is 0.174. The van der Waals surface area contributed by atoms with E-state index in [4.69, 9.17) is 13.9 Å². The lowest BCUT2D eigenvalue weighted by Gasteiger charge is -2.40. The molecule has 0 bridgehead atoms. The van der Waals surface area contributed by atoms with Gasteiger partial charge in [0, 0.05) is 55.6 Å². The number of aromatic nitrogens is 3. The normalized spacial score (nSPS) is 22.1. The van der Waals surface area contributed by atoms with Gasteiger partial charge in [-0.2, -0.15) is 0 Å². The molecule has 2 aliphatic heterocycles. The fourth-order valence-corrected chi connectivity index (χ4v) is 6.34. The van der Waals surface area contributed by atoms with Crippen molar-refractivity contribution in [2.45, 2.75) is 63.6 Å². The highest BCUT2D eigenvalue weighted by atomic mass is 16.7. The van der Waals surface area contributed by atoms with Crippen LogP contribution in [0.15, 0.2) is 65.2 Å². The molecule has 0 spiro atoms. The molecule has 2 aromatic carbocycles. The predicted molar refractivity (Wildman–Crippen MR) is 158 cm³/mol. The number of pyridine rings is 1. The number of hydrogen-bond donors (Lipinski definition) is 2. The number of ether oxygens (including phenoxy) is 2. The minimum Gasteiger partial charge on any atom is -0.454 e. The molecule has 1 saturated heterocycles. The molecule has 3 aliphatic rings. The molecule has 3 atom stereocenters. The number of hydrogen-bond acceptors (Lipinski definition) is 9. The van der Waals surface area contributed by atoms with Gasteiger partial charge < -0.3 is 29.4 Å². The Morgan fingerprint density at radius 2 is 1.61 bits per heavy atom. The zero-order valence-corrected chi connectivity index (χ0v) is 23.4. The van der Waals surface area contributed by atoms with Crippen molar-refractivity contribution in [1.29, 1.82) is 0 Å². The topological polar surface area (TPSA) is 97.6 Å². The number of nitrogens with one attached hydrogen (secondary N) is 2. The summed E-state index contributed by atoms with van der Waals surface area (Å²) in [6.07, 6.45) is 9.06. The monoisotopic (exact) mass is 552 g/mol. The quantitative estimate of drug-likeness (QED) is 0.294. The Kier molecular flexibility index (Phi) is 7.19. The molecule has 4 aromatic rings. The molecule has 41 heavy (non-hydrogen) atoms. The van der Waals surface area contributed by atoms with Crippen LogP contribution in [0.1, 0.15) is 44.4 Å². The standard InChI is InChI=1S/C32H36N6O3/c1-21-36-37-32(41-21)22-8-11-26(12-9-22)38-16-4-5-25(19-38)34-27-6-2-3-7-28(27)35-31-18-24(14-15-33-31)23-10-13-29-30(17-23)40-20-39-29/h8-15,17-18,25,27-28,34H,2-7,16,19-20H2,1H3,(H,33,35)/t25?,27-,28-/m1/s1. The summed E-state index contributed by atoms with van der Waals surface area (Å²) in [5, 5.41) is 15.9. The zero-order chi connectivity index (χ0) is 27.6. The van der Waals surface area contributed by atoms with E-state index in [0.717, 1.165) is 53.5 Å². The molecule has 1 unspecified atom stereocenters. The summed E-state index contributed by atoms with van der Waals surface area (Å²) < 4.78 is 16.6. The molecule has 1 aliphatic carbocycles. The van der Waals surface area contributed by atoms with Crippen molar-refractivity contribution in [3.63, 3.8) is 0 Å². The summed E-state index contributed by atoms with van der Waals surface area (Å²) in [7, 11) is 0. The third-order valence-electron chi connectivity index (χ3n) is 8.44. The summed E-state index contributed by atoms with van der Waals surface area (Å²) in [6.45, 7) is 4.16. The van der Waals surface area contributed by atoms with Crippen LogP contribution in [0, 0.1) is 6.92 Å². The van der Waals surface area contributed by atoms with Gasteiger partial charge in [0.2, 0.25) is 18.6 Å². The van der Waals surface area contributed by atoms with E-state index in [1.54, 1.807) is 0 Å². The third kappa shape index (κ3) is 5.72. The number of benzene rings is 2. The minimum absolute atomic E-state index is 0.282. The number of nitrogens with zero attached hydrogens (tertiary/aromatic N) is 4. The molecule has 2 N–H and O–H groups in total. The average molecular weight is 553 g/mol. The van der Waals surface area contributed by atoms with Gasteiger partial charge >= 0.3 is 0 Å². The second-order valence-electron chi connectivity index (χ2n) is 11.3. The Bertz CT molecular complexity index is 1490. The molecular formula is C32H36N6O3. The molecule has 4 heterocycles. The van der Waals surface area contributed by atoms with Crippen molar-refractivity contribution in [3.05, 3.63) is 66.7 Å². The second kappa shape index (κ2) is 11.4. The maximum Gasteiger partial charge on any atom is 0.247 e. The van der Waals surface area contributed by atoms with Crippen LogP contribution >= 0.6 is 0 Å². The van der Waals surface area contributed by atoms with Gasteiger partial charge in [-0.25, -0.2) is 4.98 Å². The molecule has 1 saturated carbocycles. The first-order valence-corrected chi connectivity index (χ1v) is 14.7. The van der Waals surface area contributed by atoms with E-state index in [1.807, 2.05) is 31.3 Å². The lowest BCUT2D eigenvalue weighted by Crippen LogP contribution is -2.54. The largest absolute Gasteiger partial charge is 0.454 e. The molecule has 0 radical (unpaired) electrons. The summed E-state index contributed by atoms with van der Waals surface area (Å²) in [5.41, 5.74) is 4.40. The van der Waals surface area contributed by atoms with Gasteiger partial charge in [0.1, 0.15) is 5.82 Å². The summed E-state index contributed by atoms with van der Waals surface area (Å²) >= 11 is 0. The van der Waals surface area contributed by atoms with Crippen LogP contribution in [0.4, 0.5) is 11.5 Å². The molecule has 9 heteroatoms. The van der Waals surface area contributed by atoms with Crippen molar-refractivity contribution in [2.24, 2.45) is 0 Å². The van der Waals surface area contributed by atoms with Crippen LogP contribution < -0.4 is 25.0 Å². The number of piperidine rings is 1. The highest BCUT2D eigenvalue weighted by Crippen LogP contribution is 2.36. The maximum atomic E-state index is 5.59. The van der Waals surface area contributed by atoms with Crippen molar-refractivity contribution in [1.82, 2.24) is 20.5 Å². The summed E-state index contributed by atoms with van der Waals surface area (Å²) in [5.74, 6) is 3.66. The smallest absolute Gasteiger partial charge is 0.247 e. The zero-order valence-electron chi connectivity index (χ0n) is 23.4. The van der Waals surface area contributed by atoms with Gasteiger partial charge in [-0.05, 0) is 85.3 Å². The number of fused-ring (bicyclic) bond motifs is 1. The Morgan fingerprint density at radius 1 is 0.805 bits per heavy atom. The third-order valence-corrected chi connectivity index (χ3v) is 8.44. The van der Waals surface area contributed by atoms with Crippen molar-refractivity contribution in [2.75, 3.05) is 30.1 Å². The molecule has 2 aromatic heterocycles. The SMILES string of the molecule is Cc1nnc(-c2ccc(N3CCCC(N[C@@H]4CCCC[C@H]4Nc4cc(-c5ccc6c(c5)OCO6)ccn4)C3)cc2)o1. The van der Waals surface area contributed by atoms with Crippen LogP contribution in [0.25, 0.3) is 22.6 Å². The van der Waals surface area contributed by atoms with Crippen LogP contribution in [-0.2, 0) is 0 Å². The van der Waals surface area contributed by atoms with Gasteiger partial charge in [0.15, 0.2) is 11.5 Å². The van der Waals surface area contributed by atoms with Gasteiger partial charge in [0.25, 0.3) is 0 Å². The molecule has 212 valence electrons. The Labute approximate surface area is 240 Å². The van der Waals surface area contributed by atoms with E-state index in [-0.39, 0.29) is 6.79 Å². The van der Waals surface area contributed by atoms with Gasteiger partial charge in [-0.15, -0.1) is 10.2 Å². The minimum atomic E-state index is 0.282. The molecule has 7 rings (SSSR count). The van der Waals surface area contributed by atoms with Crippen molar-refractivity contribution < 1.29 is 13.9 Å². The van der Waals surface area contributed by atoms with E-state index < -0.39 is 0 Å². The first kappa shape index (κ1) is 25.8. The van der Waals surface area contributed by atoms with Crippen LogP contribution in [0.2, 0.25) is 0 Å². The van der Waals surface area contributed by atoms with E-state index in [2.05, 4.69) is 67.1 Å². The predicted octanol–water partition coefficient (Wildman–Crippen LogP) is 5.82. The molecular weight excluding hydrogens is 516 g/mol. The second-order valence-corrected chi connectivity index (χ2v) is 11.3. The Morgan fingerprint density at radius 3 is 2.46 bits per heavy atom. The fourth-order valence-electron chi connectivity index (χ4n) is 6.34. The Hall–Kier alpha value is -4.11. The van der Waals surface area contributed by atoms with Gasteiger partial charge in [0.05, 0.1) is 0 Å². The maximum absolute atomic E-state index is 5.59. The average Bonchev–Trinajstić information content (AvgIpc) is 3.67. The highest BCUT2D eigenvalue weighted by molar-refractivity contribution is 5.69. The molecule has 9 nitrogen and oxygen atoms in total. The van der Waals surface area contributed by atoms with E-state index in [1.165, 1.54) is 37.8 Å². The Balaban J connectivity index is 1.00. The molecule has 2 fully saturated rings. The first-order chi connectivity index (χ1) is 20.2. The summed E-state index contributed by atoms with van der Waals surface area (Å²) in [4.78, 5) is 7.17. The first-order valence-electron chi connectivity index (χ1n) is 14.7. The number of anilines is 2. The fraction of sp³-hybridized carbons (Fsp3) is 0.406. The van der Waals surface area contributed by atoms with E-state index in [0.29, 0.717) is 29.9 Å². The summed E-state index contributed by atoms with van der Waals surface area (Å²) in [6, 6.07) is 20.0. The number of aryl methyl sites for hydroxylation is 1. The highest BCUT2D eigenvalue weighted by Gasteiger charge is 2.29. The van der Waals surface area contributed by atoms with Crippen molar-refractivity contribution in [3.8, 4) is 34.1 Å². The number of rotatable bonds is 7. The molecule has 0 amide bonds.